The first-order chi connectivity index (χ1) is 7.54. The summed E-state index contributed by atoms with van der Waals surface area (Å²) in [5, 5.41) is 4.04. The van der Waals surface area contributed by atoms with Gasteiger partial charge in [0.15, 0.2) is 5.75 Å². The van der Waals surface area contributed by atoms with Gasteiger partial charge in [0.2, 0.25) is 0 Å². The quantitative estimate of drug-likeness (QED) is 0.860. The largest absolute Gasteiger partial charge is 0.491 e. The Balaban J connectivity index is 2.94. The Morgan fingerprint density at radius 1 is 1.44 bits per heavy atom. The van der Waals surface area contributed by atoms with E-state index in [0.717, 1.165) is 22.5 Å². The van der Waals surface area contributed by atoms with Crippen LogP contribution < -0.4 is 10.1 Å². The SMILES string of the molecule is CCOc1c(Br)cc(Cl)cc1NCC(C)C. The Morgan fingerprint density at radius 2 is 2.12 bits per heavy atom. The van der Waals surface area contributed by atoms with Gasteiger partial charge < -0.3 is 10.1 Å². The molecule has 0 spiro atoms. The van der Waals surface area contributed by atoms with Crippen molar-refractivity contribution in [1.82, 2.24) is 0 Å². The van der Waals surface area contributed by atoms with Crippen LogP contribution in [0.4, 0.5) is 5.69 Å². The molecule has 0 aliphatic heterocycles. The fourth-order valence-corrected chi connectivity index (χ4v) is 2.22. The second-order valence-corrected chi connectivity index (χ2v) is 5.26. The Labute approximate surface area is 110 Å². The molecule has 90 valence electrons. The van der Waals surface area contributed by atoms with Gasteiger partial charge in [-0.25, -0.2) is 0 Å². The zero-order valence-corrected chi connectivity index (χ0v) is 12.2. The second-order valence-electron chi connectivity index (χ2n) is 3.97. The summed E-state index contributed by atoms with van der Waals surface area (Å²) in [5.41, 5.74) is 0.940. The van der Waals surface area contributed by atoms with Crippen LogP contribution in [0.1, 0.15) is 20.8 Å². The fraction of sp³-hybridized carbons (Fsp3) is 0.500. The Hall–Kier alpha value is -0.410. The summed E-state index contributed by atoms with van der Waals surface area (Å²) >= 11 is 9.47. The van der Waals surface area contributed by atoms with Gasteiger partial charge in [0.25, 0.3) is 0 Å². The first-order valence-electron chi connectivity index (χ1n) is 5.40. The molecule has 0 aliphatic carbocycles. The summed E-state index contributed by atoms with van der Waals surface area (Å²) in [7, 11) is 0. The molecule has 1 aromatic rings. The van der Waals surface area contributed by atoms with Crippen LogP contribution in [0.3, 0.4) is 0 Å². The van der Waals surface area contributed by atoms with E-state index >= 15 is 0 Å². The molecule has 0 amide bonds. The van der Waals surface area contributed by atoms with Crippen LogP contribution in [0, 0.1) is 5.92 Å². The van der Waals surface area contributed by atoms with Gasteiger partial charge >= 0.3 is 0 Å². The van der Waals surface area contributed by atoms with E-state index in [-0.39, 0.29) is 0 Å². The van der Waals surface area contributed by atoms with Gasteiger partial charge in [0.05, 0.1) is 16.8 Å². The van der Waals surface area contributed by atoms with Gasteiger partial charge in [-0.2, -0.15) is 0 Å². The molecule has 1 N–H and O–H groups in total. The normalized spacial score (nSPS) is 10.6. The molecule has 4 heteroatoms. The summed E-state index contributed by atoms with van der Waals surface area (Å²) in [6.07, 6.45) is 0. The van der Waals surface area contributed by atoms with Crippen LogP contribution in [0.15, 0.2) is 16.6 Å². The van der Waals surface area contributed by atoms with Crippen molar-refractivity contribution in [3.05, 3.63) is 21.6 Å². The fourth-order valence-electron chi connectivity index (χ4n) is 1.30. The van der Waals surface area contributed by atoms with E-state index in [4.69, 9.17) is 16.3 Å². The summed E-state index contributed by atoms with van der Waals surface area (Å²) in [6.45, 7) is 7.82. The second kappa shape index (κ2) is 6.36. The third kappa shape index (κ3) is 3.87. The Bertz CT molecular complexity index is 355. The lowest BCUT2D eigenvalue weighted by atomic mass is 10.2. The molecular weight excluding hydrogens is 289 g/mol. The maximum absolute atomic E-state index is 6.01. The minimum atomic E-state index is 0.576. The minimum absolute atomic E-state index is 0.576. The van der Waals surface area contributed by atoms with Gasteiger partial charge in [-0.3, -0.25) is 0 Å². The zero-order chi connectivity index (χ0) is 12.1. The lowest BCUT2D eigenvalue weighted by molar-refractivity contribution is 0.339. The van der Waals surface area contributed by atoms with Crippen molar-refractivity contribution in [3.63, 3.8) is 0 Å². The van der Waals surface area contributed by atoms with E-state index in [2.05, 4.69) is 35.1 Å². The molecule has 0 heterocycles. The average Bonchev–Trinajstić information content (AvgIpc) is 2.19. The molecule has 0 saturated carbocycles. The molecule has 1 aromatic carbocycles. The molecule has 0 fully saturated rings. The number of nitrogens with one attached hydrogen (secondary N) is 1. The number of hydrogen-bond donors (Lipinski definition) is 1. The number of halogens is 2. The molecule has 0 atom stereocenters. The average molecular weight is 307 g/mol. The van der Waals surface area contributed by atoms with E-state index in [1.165, 1.54) is 0 Å². The van der Waals surface area contributed by atoms with Crippen molar-refractivity contribution in [3.8, 4) is 5.75 Å². The van der Waals surface area contributed by atoms with Gasteiger partial charge in [-0.1, -0.05) is 25.4 Å². The highest BCUT2D eigenvalue weighted by Crippen LogP contribution is 2.36. The number of ether oxygens (including phenoxy) is 1. The van der Waals surface area contributed by atoms with E-state index in [1.54, 1.807) is 0 Å². The zero-order valence-electron chi connectivity index (χ0n) is 9.81. The lowest BCUT2D eigenvalue weighted by Gasteiger charge is -2.15. The maximum atomic E-state index is 6.01. The number of benzene rings is 1. The van der Waals surface area contributed by atoms with Crippen LogP contribution in [-0.4, -0.2) is 13.2 Å². The van der Waals surface area contributed by atoms with Gasteiger partial charge in [-0.15, -0.1) is 0 Å². The summed E-state index contributed by atoms with van der Waals surface area (Å²) in [5.74, 6) is 1.40. The molecule has 0 aliphatic rings. The van der Waals surface area contributed by atoms with E-state index in [0.29, 0.717) is 17.5 Å². The van der Waals surface area contributed by atoms with E-state index in [1.807, 2.05) is 19.1 Å². The third-order valence-corrected chi connectivity index (χ3v) is 2.81. The maximum Gasteiger partial charge on any atom is 0.156 e. The van der Waals surface area contributed by atoms with Crippen molar-refractivity contribution in [2.24, 2.45) is 5.92 Å². The van der Waals surface area contributed by atoms with Crippen molar-refractivity contribution >= 4 is 33.2 Å². The van der Waals surface area contributed by atoms with Crippen molar-refractivity contribution in [1.29, 1.82) is 0 Å². The lowest BCUT2D eigenvalue weighted by Crippen LogP contribution is -2.09. The van der Waals surface area contributed by atoms with Gasteiger partial charge in [-0.05, 0) is 40.9 Å². The Morgan fingerprint density at radius 3 is 2.69 bits per heavy atom. The molecule has 1 rings (SSSR count). The molecular formula is C12H17BrClNO. The molecule has 0 bridgehead atoms. The van der Waals surface area contributed by atoms with Gasteiger partial charge in [0.1, 0.15) is 0 Å². The number of anilines is 1. The third-order valence-electron chi connectivity index (χ3n) is 2.00. The van der Waals surface area contributed by atoms with Crippen LogP contribution in [0.5, 0.6) is 5.75 Å². The highest BCUT2D eigenvalue weighted by atomic mass is 79.9. The minimum Gasteiger partial charge on any atom is -0.491 e. The van der Waals surface area contributed by atoms with E-state index < -0.39 is 0 Å². The number of rotatable bonds is 5. The van der Waals surface area contributed by atoms with Crippen molar-refractivity contribution in [2.75, 3.05) is 18.5 Å². The highest BCUT2D eigenvalue weighted by Gasteiger charge is 2.10. The molecule has 0 radical (unpaired) electrons. The predicted octanol–water partition coefficient (Wildman–Crippen LogP) is 4.57. The predicted molar refractivity (Wildman–Crippen MR) is 73.6 cm³/mol. The topological polar surface area (TPSA) is 21.3 Å². The first kappa shape index (κ1) is 13.7. The van der Waals surface area contributed by atoms with Crippen molar-refractivity contribution < 1.29 is 4.74 Å². The number of hydrogen-bond acceptors (Lipinski definition) is 2. The summed E-state index contributed by atoms with van der Waals surface area (Å²) < 4.78 is 6.47. The standard InChI is InChI=1S/C12H17BrClNO/c1-4-16-12-10(13)5-9(14)6-11(12)15-7-8(2)3/h5-6,8,15H,4,7H2,1-3H3. The van der Waals surface area contributed by atoms with Crippen LogP contribution >= 0.6 is 27.5 Å². The van der Waals surface area contributed by atoms with Crippen LogP contribution in [-0.2, 0) is 0 Å². The van der Waals surface area contributed by atoms with Crippen molar-refractivity contribution in [2.45, 2.75) is 20.8 Å². The highest BCUT2D eigenvalue weighted by molar-refractivity contribution is 9.10. The molecule has 0 unspecified atom stereocenters. The summed E-state index contributed by atoms with van der Waals surface area (Å²) in [4.78, 5) is 0. The molecule has 2 nitrogen and oxygen atoms in total. The first-order valence-corrected chi connectivity index (χ1v) is 6.57. The van der Waals surface area contributed by atoms with Gasteiger partial charge in [0, 0.05) is 11.6 Å². The monoisotopic (exact) mass is 305 g/mol. The molecule has 16 heavy (non-hydrogen) atoms. The van der Waals surface area contributed by atoms with E-state index in [9.17, 15) is 0 Å². The Kier molecular flexibility index (Phi) is 5.42. The van der Waals surface area contributed by atoms with Crippen LogP contribution in [0.25, 0.3) is 0 Å². The van der Waals surface area contributed by atoms with Crippen LogP contribution in [0.2, 0.25) is 5.02 Å². The molecule has 0 saturated heterocycles. The smallest absolute Gasteiger partial charge is 0.156 e. The molecule has 0 aromatic heterocycles. The summed E-state index contributed by atoms with van der Waals surface area (Å²) in [6, 6.07) is 3.73.